The van der Waals surface area contributed by atoms with E-state index in [0.717, 1.165) is 19.6 Å². The summed E-state index contributed by atoms with van der Waals surface area (Å²) in [6.07, 6.45) is 0. The van der Waals surface area contributed by atoms with E-state index in [2.05, 4.69) is 0 Å². The lowest BCUT2D eigenvalue weighted by Gasteiger charge is -2.45. The van der Waals surface area contributed by atoms with Gasteiger partial charge in [0.25, 0.3) is 11.8 Å². The van der Waals surface area contributed by atoms with Crippen LogP contribution in [0.3, 0.4) is 0 Å². The van der Waals surface area contributed by atoms with E-state index in [-0.39, 0.29) is 17.7 Å². The third kappa shape index (κ3) is 5.18. The first kappa shape index (κ1) is 30.8. The zero-order chi connectivity index (χ0) is 32.0. The number of thioether (sulfide) groups is 2. The van der Waals surface area contributed by atoms with Crippen LogP contribution in [0.1, 0.15) is 52.6 Å². The molecule has 0 aliphatic carbocycles. The molecule has 0 saturated carbocycles. The summed E-state index contributed by atoms with van der Waals surface area (Å²) >= 11 is 8.88. The highest BCUT2D eigenvalue weighted by Crippen LogP contribution is 2.59. The van der Waals surface area contributed by atoms with Crippen LogP contribution in [0.5, 0.6) is 5.75 Å². The number of imide groups is 1. The molecule has 0 radical (unpaired) electrons. The van der Waals surface area contributed by atoms with Gasteiger partial charge in [0.15, 0.2) is 0 Å². The van der Waals surface area contributed by atoms with E-state index < -0.39 is 35.8 Å². The number of methoxy groups -OCH3 is 1. The molecular weight excluding hydrogens is 629 g/mol. The molecule has 3 aromatic rings. The summed E-state index contributed by atoms with van der Waals surface area (Å²) in [4.78, 5) is 57.8. The van der Waals surface area contributed by atoms with Gasteiger partial charge in [-0.25, -0.2) is 4.79 Å². The highest BCUT2D eigenvalue weighted by molar-refractivity contribution is 8.32. The van der Waals surface area contributed by atoms with Crippen LogP contribution in [-0.4, -0.2) is 59.3 Å². The van der Waals surface area contributed by atoms with Gasteiger partial charge in [0, 0.05) is 16.0 Å². The number of nitrogens with zero attached hydrogens (tertiary/aromatic N) is 2. The lowest BCUT2D eigenvalue weighted by Crippen LogP contribution is -2.58. The van der Waals surface area contributed by atoms with Crippen LogP contribution in [0.15, 0.2) is 81.9 Å². The van der Waals surface area contributed by atoms with Crippen LogP contribution in [0, 0.1) is 0 Å². The molecule has 3 heterocycles. The van der Waals surface area contributed by atoms with Crippen molar-refractivity contribution in [2.45, 2.75) is 26.3 Å². The Morgan fingerprint density at radius 3 is 2.16 bits per heavy atom. The van der Waals surface area contributed by atoms with Crippen molar-refractivity contribution in [2.75, 3.05) is 25.2 Å². The third-order valence-corrected chi connectivity index (χ3v) is 11.1. The smallest absolute Gasteiger partial charge is 0.346 e. The number of fused-ring (bicyclic) bond motifs is 2. The van der Waals surface area contributed by atoms with Gasteiger partial charge < -0.3 is 9.47 Å². The first-order chi connectivity index (χ1) is 21.6. The monoisotopic (exact) mass is 656 g/mol. The molecule has 3 amide bonds. The molecule has 0 fully saturated rings. The molecule has 6 rings (SSSR count). The minimum Gasteiger partial charge on any atom is -0.497 e. The summed E-state index contributed by atoms with van der Waals surface area (Å²) in [5.74, 6) is -1.35. The molecule has 45 heavy (non-hydrogen) atoms. The second kappa shape index (κ2) is 12.0. The number of hydrogen-bond donors (Lipinski definition) is 0. The topological polar surface area (TPSA) is 93.2 Å². The van der Waals surface area contributed by atoms with Gasteiger partial charge in [-0.05, 0) is 56.7 Å². The van der Waals surface area contributed by atoms with Gasteiger partial charge in [-0.15, -0.1) is 0 Å². The summed E-state index contributed by atoms with van der Waals surface area (Å²) in [7, 11) is 1.55. The van der Waals surface area contributed by atoms with Crippen molar-refractivity contribution >= 4 is 80.5 Å². The lowest BCUT2D eigenvalue weighted by molar-refractivity contribution is -0.137. The van der Waals surface area contributed by atoms with Crippen molar-refractivity contribution in [1.82, 2.24) is 4.90 Å². The zero-order valence-corrected chi connectivity index (χ0v) is 27.4. The van der Waals surface area contributed by atoms with Crippen LogP contribution in [0.25, 0.3) is 10.5 Å². The Kier molecular flexibility index (Phi) is 8.19. The Hall–Kier alpha value is -4.19. The maximum absolute atomic E-state index is 14.1. The second-order valence-electron chi connectivity index (χ2n) is 10.9. The number of rotatable bonds is 6. The van der Waals surface area contributed by atoms with Crippen molar-refractivity contribution in [1.29, 1.82) is 0 Å². The first-order valence-electron chi connectivity index (χ1n) is 14.2. The zero-order valence-electron chi connectivity index (χ0n) is 24.9. The van der Waals surface area contributed by atoms with Crippen LogP contribution in [0.2, 0.25) is 0 Å². The van der Waals surface area contributed by atoms with Gasteiger partial charge in [-0.2, -0.15) is 0 Å². The van der Waals surface area contributed by atoms with E-state index in [0.29, 0.717) is 32.3 Å². The first-order valence-corrected chi connectivity index (χ1v) is 16.2. The van der Waals surface area contributed by atoms with Crippen LogP contribution >= 0.6 is 35.7 Å². The average molecular weight is 657 g/mol. The SMILES string of the molecule is CCOC(=O)C1=C(c2ccccc2)S/C(=C2/C(=S)C(C)(C)N(C(=O)CN3C(=O)c4ccccc4C3=O)c3ccc(OC)cc32)S1. The number of carbonyl (C=O) groups is 4. The molecule has 3 aromatic carbocycles. The van der Waals surface area contributed by atoms with Gasteiger partial charge in [-0.1, -0.05) is 78.2 Å². The highest BCUT2D eigenvalue weighted by Gasteiger charge is 2.47. The summed E-state index contributed by atoms with van der Waals surface area (Å²) in [5, 5.41) is 0. The normalized spacial score (nSPS) is 18.7. The summed E-state index contributed by atoms with van der Waals surface area (Å²) in [5.41, 5.74) is 2.27. The molecule has 3 aliphatic rings. The minimum atomic E-state index is -1.05. The molecule has 0 aromatic heterocycles. The van der Waals surface area contributed by atoms with Gasteiger partial charge in [0.2, 0.25) is 5.91 Å². The largest absolute Gasteiger partial charge is 0.497 e. The van der Waals surface area contributed by atoms with E-state index in [4.69, 9.17) is 21.7 Å². The molecular formula is C34H28N2O6S3. The molecule has 8 nitrogen and oxygen atoms in total. The quantitative estimate of drug-likeness (QED) is 0.126. The van der Waals surface area contributed by atoms with E-state index in [1.165, 1.54) is 23.5 Å². The summed E-state index contributed by atoms with van der Waals surface area (Å²) < 4.78 is 11.8. The van der Waals surface area contributed by atoms with Gasteiger partial charge in [0.1, 0.15) is 17.2 Å². The fourth-order valence-electron chi connectivity index (χ4n) is 5.62. The van der Waals surface area contributed by atoms with Gasteiger partial charge in [0.05, 0.1) is 45.2 Å². The lowest BCUT2D eigenvalue weighted by atomic mass is 9.83. The standard InChI is InChI=1S/C34H28N2O6S3/c1-5-42-32(40)28-27(19-11-7-6-8-12-19)44-33(45-28)26-23-17-20(41-4)15-16-24(23)36(34(2,3)29(26)43)25(37)18-35-30(38)21-13-9-10-14-22(21)31(35)39/h6-17H,5,18H2,1-4H3/b33-26-. The van der Waals surface area contributed by atoms with Crippen LogP contribution < -0.4 is 9.64 Å². The Labute approximate surface area is 274 Å². The number of hydrogen-bond acceptors (Lipinski definition) is 9. The predicted molar refractivity (Wildman–Crippen MR) is 181 cm³/mol. The summed E-state index contributed by atoms with van der Waals surface area (Å²) in [6.45, 7) is 5.22. The Balaban J connectivity index is 1.44. The van der Waals surface area contributed by atoms with Crippen molar-refractivity contribution in [3.8, 4) is 5.75 Å². The molecule has 3 aliphatic heterocycles. The molecule has 0 bridgehead atoms. The number of esters is 1. The third-order valence-electron chi connectivity index (χ3n) is 7.77. The molecule has 11 heteroatoms. The fraction of sp³-hybridized carbons (Fsp3) is 0.206. The van der Waals surface area contributed by atoms with Gasteiger partial charge in [-0.3, -0.25) is 24.2 Å². The number of thiocarbonyl (C=S) groups is 1. The maximum atomic E-state index is 14.1. The Morgan fingerprint density at radius 1 is 0.889 bits per heavy atom. The minimum absolute atomic E-state index is 0.233. The van der Waals surface area contributed by atoms with Gasteiger partial charge >= 0.3 is 5.97 Å². The van der Waals surface area contributed by atoms with E-state index >= 15 is 0 Å². The number of benzene rings is 3. The number of amides is 3. The van der Waals surface area contributed by atoms with E-state index in [9.17, 15) is 19.2 Å². The predicted octanol–water partition coefficient (Wildman–Crippen LogP) is 6.57. The van der Waals surface area contributed by atoms with Crippen molar-refractivity contribution in [3.05, 3.63) is 104 Å². The number of carbonyl (C=O) groups excluding carboxylic acids is 4. The Bertz CT molecular complexity index is 1830. The van der Waals surface area contributed by atoms with E-state index in [1.54, 1.807) is 55.3 Å². The van der Waals surface area contributed by atoms with Crippen LogP contribution in [-0.2, 0) is 14.3 Å². The molecule has 228 valence electrons. The average Bonchev–Trinajstić information content (AvgIpc) is 3.58. The molecule has 0 N–H and O–H groups in total. The van der Waals surface area contributed by atoms with E-state index in [1.807, 2.05) is 50.2 Å². The summed E-state index contributed by atoms with van der Waals surface area (Å²) in [6, 6.07) is 21.5. The molecule has 0 spiro atoms. The molecule has 0 saturated heterocycles. The number of ether oxygens (including phenoxy) is 2. The molecule has 0 atom stereocenters. The fourth-order valence-corrected chi connectivity index (χ4v) is 8.75. The van der Waals surface area contributed by atoms with Crippen molar-refractivity contribution in [3.63, 3.8) is 0 Å². The van der Waals surface area contributed by atoms with Crippen molar-refractivity contribution < 1.29 is 28.7 Å². The highest BCUT2D eigenvalue weighted by atomic mass is 32.2. The second-order valence-corrected chi connectivity index (χ2v) is 13.6. The van der Waals surface area contributed by atoms with Crippen LogP contribution in [0.4, 0.5) is 5.69 Å². The number of anilines is 1. The maximum Gasteiger partial charge on any atom is 0.346 e. The Morgan fingerprint density at radius 2 is 1.53 bits per heavy atom. The van der Waals surface area contributed by atoms with Crippen molar-refractivity contribution in [2.24, 2.45) is 0 Å². The molecule has 0 unspecified atom stereocenters.